The van der Waals surface area contributed by atoms with Crippen LogP contribution < -0.4 is 15.8 Å². The summed E-state index contributed by atoms with van der Waals surface area (Å²) < 4.78 is 8.89. The van der Waals surface area contributed by atoms with Gasteiger partial charge in [0.25, 0.3) is 5.91 Å². The summed E-state index contributed by atoms with van der Waals surface area (Å²) in [5.41, 5.74) is 6.08. The van der Waals surface area contributed by atoms with E-state index in [-0.39, 0.29) is 24.0 Å². The van der Waals surface area contributed by atoms with Gasteiger partial charge in [0, 0.05) is 17.1 Å². The van der Waals surface area contributed by atoms with Gasteiger partial charge in [-0.1, -0.05) is 15.7 Å². The van der Waals surface area contributed by atoms with Crippen molar-refractivity contribution in [3.63, 3.8) is 0 Å². The monoisotopic (exact) mass is 293 g/mol. The third-order valence-electron chi connectivity index (χ3n) is 2.20. The number of amides is 1. The van der Waals surface area contributed by atoms with Crippen LogP contribution in [0, 0.1) is 0 Å². The zero-order chi connectivity index (χ0) is 14.4. The van der Waals surface area contributed by atoms with E-state index in [0.29, 0.717) is 11.4 Å². The minimum Gasteiger partial charge on any atom is -0.485 e. The molecule has 1 aromatic carbocycles. The normalized spacial score (nSPS) is 11.1. The van der Waals surface area contributed by atoms with Crippen molar-refractivity contribution < 1.29 is 14.7 Å². The lowest BCUT2D eigenvalue weighted by atomic mass is 10.3. The fraction of sp³-hybridized carbons (Fsp3) is 0.0909. The van der Waals surface area contributed by atoms with Crippen molar-refractivity contribution in [1.29, 1.82) is 0 Å². The van der Waals surface area contributed by atoms with Gasteiger partial charge in [-0.05, 0) is 23.7 Å². The van der Waals surface area contributed by atoms with Crippen LogP contribution in [0.3, 0.4) is 0 Å². The van der Waals surface area contributed by atoms with Gasteiger partial charge in [-0.25, -0.2) is 0 Å². The number of nitrogens with two attached hydrogens (primary N) is 1. The van der Waals surface area contributed by atoms with Crippen molar-refractivity contribution in [2.24, 2.45) is 10.9 Å². The molecule has 1 heterocycles. The molecule has 0 fully saturated rings. The molecule has 0 aliphatic carbocycles. The Morgan fingerprint density at radius 1 is 1.55 bits per heavy atom. The Balaban J connectivity index is 2.01. The highest BCUT2D eigenvalue weighted by Gasteiger charge is 2.09. The van der Waals surface area contributed by atoms with E-state index in [9.17, 15) is 4.79 Å². The number of carbonyl (C=O) groups excluding carboxylic acids is 1. The smallest absolute Gasteiger partial charge is 0.277 e. The number of hydrogen-bond acceptors (Lipinski definition) is 7. The number of carbonyl (C=O) groups is 1. The average Bonchev–Trinajstić information content (AvgIpc) is 2.99. The van der Waals surface area contributed by atoms with Gasteiger partial charge in [0.1, 0.15) is 12.4 Å². The maximum Gasteiger partial charge on any atom is 0.277 e. The molecule has 8 nitrogen and oxygen atoms in total. The summed E-state index contributed by atoms with van der Waals surface area (Å²) in [6.45, 7) is -0.0517. The molecule has 0 radical (unpaired) electrons. The molecular weight excluding hydrogens is 282 g/mol. The topological polar surface area (TPSA) is 123 Å². The average molecular weight is 293 g/mol. The molecule has 4 N–H and O–H groups in total. The summed E-state index contributed by atoms with van der Waals surface area (Å²) in [6, 6.07) is 6.71. The van der Waals surface area contributed by atoms with Crippen LogP contribution in [0.2, 0.25) is 0 Å². The van der Waals surface area contributed by atoms with E-state index in [1.165, 1.54) is 0 Å². The van der Waals surface area contributed by atoms with Gasteiger partial charge in [-0.2, -0.15) is 0 Å². The van der Waals surface area contributed by atoms with E-state index in [4.69, 9.17) is 15.7 Å². The van der Waals surface area contributed by atoms with Gasteiger partial charge in [0.15, 0.2) is 11.5 Å². The first kappa shape index (κ1) is 13.7. The van der Waals surface area contributed by atoms with Gasteiger partial charge < -0.3 is 21.0 Å². The standard InChI is InChI=1S/C11H11N5O3S/c12-10(15-18)5-19-8-3-1-2-7(4-8)13-11(17)9-6-20-16-14-9/h1-4,6,18H,5H2,(H2,12,15)(H,13,17). The Morgan fingerprint density at radius 3 is 3.10 bits per heavy atom. The molecule has 0 saturated carbocycles. The molecule has 0 bridgehead atoms. The van der Waals surface area contributed by atoms with Crippen molar-refractivity contribution in [3.8, 4) is 5.75 Å². The van der Waals surface area contributed by atoms with E-state index in [2.05, 4.69) is 20.1 Å². The van der Waals surface area contributed by atoms with E-state index in [1.54, 1.807) is 29.6 Å². The zero-order valence-corrected chi connectivity index (χ0v) is 11.0. The zero-order valence-electron chi connectivity index (χ0n) is 10.2. The van der Waals surface area contributed by atoms with E-state index in [1.807, 2.05) is 0 Å². The number of nitrogens with one attached hydrogen (secondary N) is 1. The summed E-state index contributed by atoms with van der Waals surface area (Å²) in [6.07, 6.45) is 0. The highest BCUT2D eigenvalue weighted by molar-refractivity contribution is 7.03. The summed E-state index contributed by atoms with van der Waals surface area (Å²) in [7, 11) is 0. The molecule has 104 valence electrons. The summed E-state index contributed by atoms with van der Waals surface area (Å²) >= 11 is 1.10. The lowest BCUT2D eigenvalue weighted by molar-refractivity contribution is 0.102. The van der Waals surface area contributed by atoms with E-state index in [0.717, 1.165) is 11.5 Å². The Labute approximate surface area is 118 Å². The summed E-state index contributed by atoms with van der Waals surface area (Å²) in [4.78, 5) is 11.8. The molecule has 0 atom stereocenters. The molecule has 0 aliphatic heterocycles. The van der Waals surface area contributed by atoms with Crippen molar-refractivity contribution in [2.45, 2.75) is 0 Å². The van der Waals surface area contributed by atoms with Crippen LogP contribution in [0.1, 0.15) is 10.5 Å². The molecular formula is C11H11N5O3S. The third-order valence-corrected chi connectivity index (χ3v) is 2.70. The molecule has 9 heteroatoms. The van der Waals surface area contributed by atoms with Crippen LogP contribution in [-0.4, -0.2) is 33.1 Å². The van der Waals surface area contributed by atoms with Crippen molar-refractivity contribution in [2.75, 3.05) is 11.9 Å². The second-order valence-corrected chi connectivity index (χ2v) is 4.26. The van der Waals surface area contributed by atoms with Crippen LogP contribution in [0.5, 0.6) is 5.75 Å². The molecule has 2 aromatic rings. The van der Waals surface area contributed by atoms with Crippen molar-refractivity contribution in [1.82, 2.24) is 9.59 Å². The maximum atomic E-state index is 11.8. The molecule has 0 aliphatic rings. The SMILES string of the molecule is NC(COc1cccc(NC(=O)c2csnn2)c1)=NO. The quantitative estimate of drug-likeness (QED) is 0.326. The van der Waals surface area contributed by atoms with Gasteiger partial charge in [0.2, 0.25) is 0 Å². The number of oxime groups is 1. The highest BCUT2D eigenvalue weighted by atomic mass is 32.1. The predicted molar refractivity (Wildman–Crippen MR) is 73.2 cm³/mol. The Morgan fingerprint density at radius 2 is 2.40 bits per heavy atom. The van der Waals surface area contributed by atoms with Crippen LogP contribution >= 0.6 is 11.5 Å². The minimum atomic E-state index is -0.354. The first-order valence-electron chi connectivity index (χ1n) is 5.46. The van der Waals surface area contributed by atoms with Crippen LogP contribution in [0.15, 0.2) is 34.8 Å². The lowest BCUT2D eigenvalue weighted by Gasteiger charge is -2.07. The second kappa shape index (κ2) is 6.48. The van der Waals surface area contributed by atoms with Crippen molar-refractivity contribution in [3.05, 3.63) is 35.3 Å². The van der Waals surface area contributed by atoms with Gasteiger partial charge >= 0.3 is 0 Å². The number of hydrogen-bond donors (Lipinski definition) is 3. The molecule has 0 spiro atoms. The number of ether oxygens (including phenoxy) is 1. The Bertz CT molecular complexity index is 614. The van der Waals surface area contributed by atoms with Gasteiger partial charge in [-0.15, -0.1) is 5.10 Å². The van der Waals surface area contributed by atoms with Crippen molar-refractivity contribution >= 4 is 29.0 Å². The molecule has 2 rings (SSSR count). The largest absolute Gasteiger partial charge is 0.485 e. The molecule has 1 aromatic heterocycles. The van der Waals surface area contributed by atoms with Crippen LogP contribution in [0.25, 0.3) is 0 Å². The summed E-state index contributed by atoms with van der Waals surface area (Å²) in [5, 5.41) is 19.1. The molecule has 20 heavy (non-hydrogen) atoms. The highest BCUT2D eigenvalue weighted by Crippen LogP contribution is 2.18. The van der Waals surface area contributed by atoms with Gasteiger partial charge in [0.05, 0.1) is 0 Å². The Hall–Kier alpha value is -2.68. The lowest BCUT2D eigenvalue weighted by Crippen LogP contribution is -2.20. The minimum absolute atomic E-state index is 0.0482. The molecule has 0 saturated heterocycles. The van der Waals surface area contributed by atoms with Crippen LogP contribution in [0.4, 0.5) is 5.69 Å². The number of nitrogens with zero attached hydrogens (tertiary/aromatic N) is 3. The number of amidine groups is 1. The fourth-order valence-corrected chi connectivity index (χ4v) is 1.74. The van der Waals surface area contributed by atoms with Crippen LogP contribution in [-0.2, 0) is 0 Å². The molecule has 1 amide bonds. The van der Waals surface area contributed by atoms with E-state index >= 15 is 0 Å². The number of aromatic nitrogens is 2. The fourth-order valence-electron chi connectivity index (χ4n) is 1.31. The number of rotatable bonds is 5. The molecule has 0 unspecified atom stereocenters. The number of benzene rings is 1. The Kier molecular flexibility index (Phi) is 4.45. The maximum absolute atomic E-state index is 11.8. The van der Waals surface area contributed by atoms with Gasteiger partial charge in [-0.3, -0.25) is 4.79 Å². The first-order chi connectivity index (χ1) is 9.69. The summed E-state index contributed by atoms with van der Waals surface area (Å²) in [5.74, 6) is 0.0751. The predicted octanol–water partition coefficient (Wildman–Crippen LogP) is 0.916. The second-order valence-electron chi connectivity index (χ2n) is 3.65. The third kappa shape index (κ3) is 3.65. The van der Waals surface area contributed by atoms with E-state index < -0.39 is 0 Å². The number of anilines is 1. The first-order valence-corrected chi connectivity index (χ1v) is 6.30.